The fourth-order valence-electron chi connectivity index (χ4n) is 3.32. The number of hydrogen-bond acceptors (Lipinski definition) is 3. The quantitative estimate of drug-likeness (QED) is 0.251. The number of carbonyl (C=O) groups excluding carboxylic acids is 2. The highest BCUT2D eigenvalue weighted by molar-refractivity contribution is 5.77. The van der Waals surface area contributed by atoms with E-state index in [4.69, 9.17) is 4.74 Å². The molecular weight excluding hydrogens is 362 g/mol. The van der Waals surface area contributed by atoms with Gasteiger partial charge in [-0.1, -0.05) is 95.5 Å². The molecule has 29 heavy (non-hydrogen) atoms. The molecule has 0 bridgehead atoms. The molecule has 0 aliphatic heterocycles. The summed E-state index contributed by atoms with van der Waals surface area (Å²) in [5.74, 6) is 0.0935. The van der Waals surface area contributed by atoms with Crippen molar-refractivity contribution in [1.82, 2.24) is 5.32 Å². The fourth-order valence-corrected chi connectivity index (χ4v) is 3.32. The third kappa shape index (κ3) is 13.9. The van der Waals surface area contributed by atoms with Crippen LogP contribution in [0.4, 0.5) is 0 Å². The smallest absolute Gasteiger partial charge is 0.305 e. The Balaban J connectivity index is 1.93. The summed E-state index contributed by atoms with van der Waals surface area (Å²) in [4.78, 5) is 23.7. The van der Waals surface area contributed by atoms with Gasteiger partial charge in [-0.15, -0.1) is 0 Å². The Morgan fingerprint density at radius 3 is 2.14 bits per heavy atom. The van der Waals surface area contributed by atoms with Crippen molar-refractivity contribution in [2.75, 3.05) is 13.2 Å². The normalized spacial score (nSPS) is 11.8. The van der Waals surface area contributed by atoms with Crippen molar-refractivity contribution in [3.63, 3.8) is 0 Å². The molecule has 1 aromatic carbocycles. The first-order valence-electron chi connectivity index (χ1n) is 11.6. The predicted octanol–water partition coefficient (Wildman–Crippen LogP) is 6.15. The highest BCUT2D eigenvalue weighted by atomic mass is 16.5. The summed E-state index contributed by atoms with van der Waals surface area (Å²) < 4.78 is 5.27. The van der Waals surface area contributed by atoms with Crippen LogP contribution in [0.15, 0.2) is 30.3 Å². The average molecular weight is 404 g/mol. The van der Waals surface area contributed by atoms with Gasteiger partial charge in [0.25, 0.3) is 0 Å². The molecule has 1 unspecified atom stereocenters. The van der Waals surface area contributed by atoms with Crippen molar-refractivity contribution >= 4 is 11.9 Å². The molecule has 4 heteroatoms. The summed E-state index contributed by atoms with van der Waals surface area (Å²) in [6, 6.07) is 10.1. The van der Waals surface area contributed by atoms with E-state index in [0.717, 1.165) is 12.8 Å². The first-order valence-corrected chi connectivity index (χ1v) is 11.6. The molecular formula is C25H41NO3. The van der Waals surface area contributed by atoms with Crippen LogP contribution in [0.2, 0.25) is 0 Å². The van der Waals surface area contributed by atoms with Gasteiger partial charge in [0.1, 0.15) is 0 Å². The van der Waals surface area contributed by atoms with Gasteiger partial charge in [-0.05, 0) is 24.3 Å². The van der Waals surface area contributed by atoms with Gasteiger partial charge >= 0.3 is 5.97 Å². The minimum atomic E-state index is -0.185. The molecule has 0 saturated heterocycles. The number of nitrogens with one attached hydrogen (secondary N) is 1. The molecule has 1 aromatic rings. The molecule has 0 saturated carbocycles. The first-order chi connectivity index (χ1) is 14.1. The van der Waals surface area contributed by atoms with Gasteiger partial charge in [0.15, 0.2) is 0 Å². The van der Waals surface area contributed by atoms with Crippen LogP contribution >= 0.6 is 0 Å². The Hall–Kier alpha value is -1.84. The second-order valence-corrected chi connectivity index (χ2v) is 8.02. The summed E-state index contributed by atoms with van der Waals surface area (Å²) in [5.41, 5.74) is 1.22. The number of amides is 1. The van der Waals surface area contributed by atoms with Crippen LogP contribution in [0.3, 0.4) is 0 Å². The van der Waals surface area contributed by atoms with E-state index in [1.165, 1.54) is 50.5 Å². The zero-order valence-electron chi connectivity index (χ0n) is 18.6. The maximum atomic E-state index is 11.9. The summed E-state index contributed by atoms with van der Waals surface area (Å²) in [6.07, 6.45) is 12.5. The van der Waals surface area contributed by atoms with Crippen molar-refractivity contribution in [1.29, 1.82) is 0 Å². The number of ether oxygens (including phenoxy) is 1. The molecule has 0 heterocycles. The van der Waals surface area contributed by atoms with Gasteiger partial charge in [0.2, 0.25) is 5.91 Å². The highest BCUT2D eigenvalue weighted by Crippen LogP contribution is 2.13. The highest BCUT2D eigenvalue weighted by Gasteiger charge is 2.09. The summed E-state index contributed by atoms with van der Waals surface area (Å²) in [6.45, 7) is 5.46. The summed E-state index contributed by atoms with van der Waals surface area (Å²) in [7, 11) is 0. The molecule has 0 aliphatic carbocycles. The zero-order chi connectivity index (χ0) is 21.2. The number of rotatable bonds is 17. The van der Waals surface area contributed by atoms with E-state index in [9.17, 15) is 9.59 Å². The third-order valence-corrected chi connectivity index (χ3v) is 5.27. The minimum absolute atomic E-state index is 0.000446. The molecule has 0 aliphatic rings. The number of unbranched alkanes of at least 4 members (excludes halogenated alkanes) is 8. The van der Waals surface area contributed by atoms with E-state index < -0.39 is 0 Å². The molecule has 0 spiro atoms. The third-order valence-electron chi connectivity index (χ3n) is 5.27. The second-order valence-electron chi connectivity index (χ2n) is 8.02. The SMILES string of the molecule is CCCCCCCCCCCOC(=O)CCCC(=O)NCC(C)c1ccccc1. The number of esters is 1. The second kappa shape index (κ2) is 17.1. The lowest BCUT2D eigenvalue weighted by Gasteiger charge is -2.13. The van der Waals surface area contributed by atoms with Crippen LogP contribution in [-0.2, 0) is 14.3 Å². The van der Waals surface area contributed by atoms with Crippen LogP contribution in [-0.4, -0.2) is 25.0 Å². The Morgan fingerprint density at radius 2 is 1.48 bits per heavy atom. The molecule has 4 nitrogen and oxygen atoms in total. The van der Waals surface area contributed by atoms with Gasteiger partial charge < -0.3 is 10.1 Å². The molecule has 1 N–H and O–H groups in total. The van der Waals surface area contributed by atoms with Crippen molar-refractivity contribution in [2.45, 2.75) is 96.8 Å². The van der Waals surface area contributed by atoms with Crippen molar-refractivity contribution in [2.24, 2.45) is 0 Å². The molecule has 164 valence electrons. The van der Waals surface area contributed by atoms with E-state index in [1.807, 2.05) is 18.2 Å². The number of hydrogen-bond donors (Lipinski definition) is 1. The minimum Gasteiger partial charge on any atom is -0.466 e. The Bertz CT molecular complexity index is 544. The Morgan fingerprint density at radius 1 is 0.862 bits per heavy atom. The summed E-state index contributed by atoms with van der Waals surface area (Å²) >= 11 is 0. The number of carbonyl (C=O) groups is 2. The van der Waals surface area contributed by atoms with E-state index >= 15 is 0 Å². The molecule has 0 aromatic heterocycles. The van der Waals surface area contributed by atoms with E-state index in [1.54, 1.807) is 0 Å². The predicted molar refractivity (Wildman–Crippen MR) is 120 cm³/mol. The zero-order valence-corrected chi connectivity index (χ0v) is 18.6. The lowest BCUT2D eigenvalue weighted by Crippen LogP contribution is -2.27. The average Bonchev–Trinajstić information content (AvgIpc) is 2.74. The first kappa shape index (κ1) is 25.2. The molecule has 0 radical (unpaired) electrons. The van der Waals surface area contributed by atoms with Crippen LogP contribution in [0.25, 0.3) is 0 Å². The van der Waals surface area contributed by atoms with Crippen molar-refractivity contribution in [3.8, 4) is 0 Å². The van der Waals surface area contributed by atoms with Gasteiger partial charge in [0, 0.05) is 19.4 Å². The largest absolute Gasteiger partial charge is 0.466 e. The van der Waals surface area contributed by atoms with E-state index in [-0.39, 0.29) is 17.8 Å². The maximum Gasteiger partial charge on any atom is 0.305 e. The van der Waals surface area contributed by atoms with Gasteiger partial charge in [-0.2, -0.15) is 0 Å². The van der Waals surface area contributed by atoms with Crippen LogP contribution in [0.1, 0.15) is 102 Å². The Kier molecular flexibility index (Phi) is 14.8. The monoisotopic (exact) mass is 403 g/mol. The van der Waals surface area contributed by atoms with E-state index in [2.05, 4.69) is 31.3 Å². The standard InChI is InChI=1S/C25H41NO3/c1-3-4-5-6-7-8-9-10-14-20-29-25(28)19-15-18-24(27)26-21-22(2)23-16-12-11-13-17-23/h11-13,16-17,22H,3-10,14-15,18-21H2,1-2H3,(H,26,27). The lowest BCUT2D eigenvalue weighted by atomic mass is 10.0. The Labute approximate surface area is 177 Å². The topological polar surface area (TPSA) is 55.4 Å². The van der Waals surface area contributed by atoms with Gasteiger partial charge in [-0.25, -0.2) is 0 Å². The molecule has 1 atom stereocenters. The van der Waals surface area contributed by atoms with E-state index in [0.29, 0.717) is 32.4 Å². The number of benzene rings is 1. The van der Waals surface area contributed by atoms with Gasteiger partial charge in [-0.3, -0.25) is 9.59 Å². The lowest BCUT2D eigenvalue weighted by molar-refractivity contribution is -0.143. The summed E-state index contributed by atoms with van der Waals surface area (Å²) in [5, 5.41) is 2.95. The van der Waals surface area contributed by atoms with Crippen molar-refractivity contribution < 1.29 is 14.3 Å². The molecule has 1 amide bonds. The van der Waals surface area contributed by atoms with Crippen LogP contribution in [0.5, 0.6) is 0 Å². The fraction of sp³-hybridized carbons (Fsp3) is 0.680. The molecule has 0 fully saturated rings. The van der Waals surface area contributed by atoms with Crippen LogP contribution < -0.4 is 5.32 Å². The van der Waals surface area contributed by atoms with Crippen LogP contribution in [0, 0.1) is 0 Å². The van der Waals surface area contributed by atoms with Crippen molar-refractivity contribution in [3.05, 3.63) is 35.9 Å². The van der Waals surface area contributed by atoms with Gasteiger partial charge in [0.05, 0.1) is 6.61 Å². The maximum absolute atomic E-state index is 11.9. The molecule has 1 rings (SSSR count).